The van der Waals surface area contributed by atoms with Gasteiger partial charge in [0.15, 0.2) is 0 Å². The molecule has 4 rings (SSSR count). The summed E-state index contributed by atoms with van der Waals surface area (Å²) in [6.07, 6.45) is 0.0890. The second-order valence-electron chi connectivity index (χ2n) is 9.19. The van der Waals surface area contributed by atoms with E-state index in [1.807, 2.05) is 84.9 Å². The van der Waals surface area contributed by atoms with Gasteiger partial charge in [0.05, 0.1) is 0 Å². The number of phenols is 1. The van der Waals surface area contributed by atoms with Crippen molar-refractivity contribution in [3.63, 3.8) is 0 Å². The van der Waals surface area contributed by atoms with Gasteiger partial charge in [0.1, 0.15) is 30.0 Å². The van der Waals surface area contributed by atoms with Gasteiger partial charge in [-0.05, 0) is 55.3 Å². The number of nitrogens with one attached hydrogen (secondary N) is 1. The number of ether oxygens (including phenoxy) is 2. The topological polar surface area (TPSA) is 88.0 Å². The second kappa shape index (κ2) is 13.2. The summed E-state index contributed by atoms with van der Waals surface area (Å²) in [7, 11) is -0.164. The molecule has 0 aliphatic heterocycles. The van der Waals surface area contributed by atoms with Crippen LogP contribution in [-0.2, 0) is 16.3 Å². The lowest BCUT2D eigenvalue weighted by Gasteiger charge is -2.29. The standard InChI is InChI=1S/C31H32NO5P/c1-23(32-21-28(34)22-36-29-18-14-27(33)15-19-29)20-24-12-16-30(17-13-24)37-31(38-35,25-8-4-2-5-9-25)26-10-6-3-7-11-26/h2-19,23,28,32-34H,20-22H2,1H3. The third-order valence-electron chi connectivity index (χ3n) is 6.17. The summed E-state index contributed by atoms with van der Waals surface area (Å²) in [4.78, 5) is 0. The van der Waals surface area contributed by atoms with E-state index in [0.717, 1.165) is 23.1 Å². The molecule has 4 aromatic rings. The van der Waals surface area contributed by atoms with Crippen LogP contribution in [-0.4, -0.2) is 35.5 Å². The van der Waals surface area contributed by atoms with Gasteiger partial charge in [-0.2, -0.15) is 0 Å². The maximum atomic E-state index is 12.6. The van der Waals surface area contributed by atoms with Gasteiger partial charge < -0.3 is 25.0 Å². The fourth-order valence-electron chi connectivity index (χ4n) is 4.16. The first-order valence-electron chi connectivity index (χ1n) is 12.6. The SMILES string of the molecule is CC(Cc1ccc(OC(P=O)(c2ccccc2)c2ccccc2)cc1)NCC(O)COc1ccc(O)cc1. The molecule has 196 valence electrons. The van der Waals surface area contributed by atoms with Gasteiger partial charge in [-0.15, -0.1) is 0 Å². The molecule has 0 fully saturated rings. The molecule has 0 saturated heterocycles. The Balaban J connectivity index is 1.34. The number of rotatable bonds is 13. The molecule has 0 heterocycles. The number of hydrogen-bond donors (Lipinski definition) is 3. The average molecular weight is 530 g/mol. The first kappa shape index (κ1) is 27.3. The quantitative estimate of drug-likeness (QED) is 0.186. The molecule has 6 nitrogen and oxygen atoms in total. The van der Waals surface area contributed by atoms with Gasteiger partial charge in [0.2, 0.25) is 13.8 Å². The molecule has 0 radical (unpaired) electrons. The van der Waals surface area contributed by atoms with Crippen molar-refractivity contribution in [3.8, 4) is 17.2 Å². The number of hydrogen-bond acceptors (Lipinski definition) is 6. The van der Waals surface area contributed by atoms with Gasteiger partial charge >= 0.3 is 0 Å². The Morgan fingerprint density at radius 2 is 1.37 bits per heavy atom. The molecule has 2 atom stereocenters. The van der Waals surface area contributed by atoms with Crippen molar-refractivity contribution in [2.75, 3.05) is 13.2 Å². The normalized spacial score (nSPS) is 13.1. The molecular weight excluding hydrogens is 497 g/mol. The third-order valence-corrected chi connectivity index (χ3v) is 7.04. The fourth-order valence-corrected chi connectivity index (χ4v) is 4.81. The van der Waals surface area contributed by atoms with E-state index in [0.29, 0.717) is 18.0 Å². The predicted molar refractivity (Wildman–Crippen MR) is 149 cm³/mol. The zero-order chi connectivity index (χ0) is 26.8. The zero-order valence-corrected chi connectivity index (χ0v) is 22.1. The van der Waals surface area contributed by atoms with Gasteiger partial charge in [-0.25, -0.2) is 0 Å². The summed E-state index contributed by atoms with van der Waals surface area (Å²) in [6, 6.07) is 33.5. The van der Waals surface area contributed by atoms with Crippen LogP contribution in [0.1, 0.15) is 23.6 Å². The lowest BCUT2D eigenvalue weighted by molar-refractivity contribution is 0.104. The van der Waals surface area contributed by atoms with E-state index in [1.54, 1.807) is 24.3 Å². The summed E-state index contributed by atoms with van der Waals surface area (Å²) < 4.78 is 24.6. The highest BCUT2D eigenvalue weighted by atomic mass is 31.1. The third kappa shape index (κ3) is 7.20. The minimum atomic E-state index is -1.16. The largest absolute Gasteiger partial charge is 0.508 e. The Hall–Kier alpha value is -3.70. The summed E-state index contributed by atoms with van der Waals surface area (Å²) in [5, 5.41) is 21.8. The van der Waals surface area contributed by atoms with E-state index >= 15 is 0 Å². The van der Waals surface area contributed by atoms with Crippen LogP contribution in [0.5, 0.6) is 17.2 Å². The monoisotopic (exact) mass is 529 g/mol. The molecule has 7 heteroatoms. The molecule has 0 amide bonds. The van der Waals surface area contributed by atoms with Crippen LogP contribution < -0.4 is 14.8 Å². The van der Waals surface area contributed by atoms with Gasteiger partial charge in [0, 0.05) is 23.7 Å². The maximum absolute atomic E-state index is 12.6. The Labute approximate surface area is 225 Å². The van der Waals surface area contributed by atoms with Crippen molar-refractivity contribution < 1.29 is 24.3 Å². The summed E-state index contributed by atoms with van der Waals surface area (Å²) in [5.74, 6) is 1.38. The van der Waals surface area contributed by atoms with Crippen molar-refractivity contribution in [2.24, 2.45) is 0 Å². The van der Waals surface area contributed by atoms with E-state index in [2.05, 4.69) is 12.2 Å². The van der Waals surface area contributed by atoms with Crippen LogP contribution in [0.3, 0.4) is 0 Å². The number of aliphatic hydroxyl groups is 1. The van der Waals surface area contributed by atoms with Crippen LogP contribution in [0.25, 0.3) is 0 Å². The lowest BCUT2D eigenvalue weighted by atomic mass is 10.00. The van der Waals surface area contributed by atoms with Crippen LogP contribution in [0.15, 0.2) is 109 Å². The molecule has 0 spiro atoms. The second-order valence-corrected chi connectivity index (χ2v) is 10.00. The Morgan fingerprint density at radius 3 is 1.92 bits per heavy atom. The van der Waals surface area contributed by atoms with Crippen LogP contribution >= 0.6 is 8.46 Å². The number of aliphatic hydroxyl groups excluding tert-OH is 1. The average Bonchev–Trinajstić information content (AvgIpc) is 2.96. The lowest BCUT2D eigenvalue weighted by Crippen LogP contribution is -2.37. The number of aromatic hydroxyl groups is 1. The first-order chi connectivity index (χ1) is 18.5. The molecule has 0 aliphatic rings. The highest BCUT2D eigenvalue weighted by Crippen LogP contribution is 2.43. The van der Waals surface area contributed by atoms with Crippen molar-refractivity contribution in [2.45, 2.75) is 30.8 Å². The molecule has 0 aromatic heterocycles. The van der Waals surface area contributed by atoms with E-state index in [4.69, 9.17) is 9.47 Å². The number of phenolic OH excluding ortho intramolecular Hbond substituents is 1. The van der Waals surface area contributed by atoms with Gasteiger partial charge in [0.25, 0.3) is 0 Å². The molecule has 0 aliphatic carbocycles. The van der Waals surface area contributed by atoms with Gasteiger partial charge in [-0.1, -0.05) is 72.8 Å². The Kier molecular flexibility index (Phi) is 9.50. The van der Waals surface area contributed by atoms with Crippen molar-refractivity contribution in [1.82, 2.24) is 5.32 Å². The molecule has 0 bridgehead atoms. The summed E-state index contributed by atoms with van der Waals surface area (Å²) in [5.41, 5.74) is 2.72. The maximum Gasteiger partial charge on any atom is 0.238 e. The molecule has 38 heavy (non-hydrogen) atoms. The van der Waals surface area contributed by atoms with E-state index in [-0.39, 0.29) is 26.9 Å². The Bertz CT molecular complexity index is 1230. The molecule has 3 N–H and O–H groups in total. The van der Waals surface area contributed by atoms with Gasteiger partial charge in [-0.3, -0.25) is 4.57 Å². The smallest absolute Gasteiger partial charge is 0.238 e. The molecule has 2 unspecified atom stereocenters. The molecular formula is C31H32NO5P. The molecule has 0 saturated carbocycles. The highest BCUT2D eigenvalue weighted by Gasteiger charge is 2.38. The Morgan fingerprint density at radius 1 is 0.816 bits per heavy atom. The van der Waals surface area contributed by atoms with Crippen LogP contribution in [0.2, 0.25) is 0 Å². The highest BCUT2D eigenvalue weighted by molar-refractivity contribution is 7.25. The number of benzene rings is 4. The minimum Gasteiger partial charge on any atom is -0.508 e. The minimum absolute atomic E-state index is 0.123. The zero-order valence-electron chi connectivity index (χ0n) is 21.2. The van der Waals surface area contributed by atoms with E-state index < -0.39 is 11.4 Å². The van der Waals surface area contributed by atoms with Crippen molar-refractivity contribution >= 4 is 8.46 Å². The van der Waals surface area contributed by atoms with Crippen LogP contribution in [0.4, 0.5) is 0 Å². The fraction of sp³-hybridized carbons (Fsp3) is 0.226. The van der Waals surface area contributed by atoms with Crippen molar-refractivity contribution in [1.29, 1.82) is 0 Å². The van der Waals surface area contributed by atoms with Crippen LogP contribution in [0, 0.1) is 0 Å². The summed E-state index contributed by atoms with van der Waals surface area (Å²) >= 11 is 0. The van der Waals surface area contributed by atoms with E-state index in [1.165, 1.54) is 0 Å². The summed E-state index contributed by atoms with van der Waals surface area (Å²) in [6.45, 7) is 2.60. The predicted octanol–water partition coefficient (Wildman–Crippen LogP) is 5.92. The first-order valence-corrected chi connectivity index (χ1v) is 13.4. The van der Waals surface area contributed by atoms with E-state index in [9.17, 15) is 14.8 Å². The molecule has 4 aromatic carbocycles. The van der Waals surface area contributed by atoms with Crippen molar-refractivity contribution in [3.05, 3.63) is 126 Å².